The predicted molar refractivity (Wildman–Crippen MR) is 78.6 cm³/mol. The summed E-state index contributed by atoms with van der Waals surface area (Å²) in [5.41, 5.74) is 0.601. The minimum Gasteiger partial charge on any atom is -0.490 e. The average Bonchev–Trinajstić information content (AvgIpc) is 2.90. The van der Waals surface area contributed by atoms with Gasteiger partial charge in [0.25, 0.3) is 0 Å². The van der Waals surface area contributed by atoms with Crippen molar-refractivity contribution in [1.82, 2.24) is 14.8 Å². The lowest BCUT2D eigenvalue weighted by Crippen LogP contribution is -2.07. The van der Waals surface area contributed by atoms with Crippen LogP contribution in [0.5, 0.6) is 5.75 Å². The molecule has 0 aliphatic carbocycles. The highest BCUT2D eigenvalue weighted by atomic mass is 35.5. The first kappa shape index (κ1) is 15.2. The second kappa shape index (κ2) is 6.09. The van der Waals surface area contributed by atoms with Crippen LogP contribution in [0.1, 0.15) is 25.7 Å². The van der Waals surface area contributed by atoms with Crippen molar-refractivity contribution >= 4 is 17.3 Å². The third kappa shape index (κ3) is 2.82. The number of benzene rings is 1. The summed E-state index contributed by atoms with van der Waals surface area (Å²) in [5, 5.41) is 19.1. The van der Waals surface area contributed by atoms with E-state index in [1.165, 1.54) is 13.2 Å². The first-order valence-electron chi connectivity index (χ1n) is 6.32. The second-order valence-electron chi connectivity index (χ2n) is 4.68. The maximum absolute atomic E-state index is 10.9. The van der Waals surface area contributed by atoms with Gasteiger partial charge in [-0.25, -0.2) is 0 Å². The van der Waals surface area contributed by atoms with Gasteiger partial charge >= 0.3 is 5.69 Å². The molecule has 0 bridgehead atoms. The van der Waals surface area contributed by atoms with Crippen LogP contribution in [-0.2, 0) is 5.88 Å². The molecule has 0 saturated heterocycles. The lowest BCUT2D eigenvalue weighted by atomic mass is 10.1. The van der Waals surface area contributed by atoms with Crippen molar-refractivity contribution in [1.29, 1.82) is 0 Å². The molecule has 2 rings (SSSR count). The quantitative estimate of drug-likeness (QED) is 0.481. The van der Waals surface area contributed by atoms with Crippen molar-refractivity contribution in [2.24, 2.45) is 0 Å². The summed E-state index contributed by atoms with van der Waals surface area (Å²) in [6.07, 6.45) is 0. The zero-order valence-corrected chi connectivity index (χ0v) is 12.7. The molecule has 1 aromatic carbocycles. The van der Waals surface area contributed by atoms with Crippen LogP contribution in [-0.4, -0.2) is 26.8 Å². The number of hydrogen-bond donors (Lipinski definition) is 0. The number of alkyl halides is 1. The number of nitrogens with zero attached hydrogens (tertiary/aromatic N) is 4. The maximum atomic E-state index is 10.9. The first-order valence-corrected chi connectivity index (χ1v) is 6.85. The monoisotopic (exact) mass is 310 g/mol. The Hall–Kier alpha value is -2.15. The molecule has 1 aromatic heterocycles. The Morgan fingerprint density at radius 1 is 1.43 bits per heavy atom. The number of nitro benzene ring substituents is 1. The Balaban J connectivity index is 2.57. The minimum absolute atomic E-state index is 0.0885. The van der Waals surface area contributed by atoms with E-state index in [0.29, 0.717) is 17.2 Å². The highest BCUT2D eigenvalue weighted by molar-refractivity contribution is 6.16. The highest BCUT2D eigenvalue weighted by Gasteiger charge is 2.20. The first-order chi connectivity index (χ1) is 9.99. The summed E-state index contributed by atoms with van der Waals surface area (Å²) in [7, 11) is 1.39. The van der Waals surface area contributed by atoms with Gasteiger partial charge in [0.15, 0.2) is 11.6 Å². The van der Waals surface area contributed by atoms with Crippen molar-refractivity contribution in [2.75, 3.05) is 7.11 Å². The molecule has 8 heteroatoms. The molecule has 0 fully saturated rings. The van der Waals surface area contributed by atoms with Crippen LogP contribution in [0.4, 0.5) is 5.69 Å². The largest absolute Gasteiger partial charge is 0.490 e. The summed E-state index contributed by atoms with van der Waals surface area (Å²) in [5.74, 6) is 1.69. The molecule has 0 unspecified atom stereocenters. The number of methoxy groups -OCH3 is 1. The molecular formula is C13H15ClN4O3. The van der Waals surface area contributed by atoms with E-state index in [2.05, 4.69) is 10.2 Å². The summed E-state index contributed by atoms with van der Waals surface area (Å²) in [4.78, 5) is 10.4. The standard InChI is InChI=1S/C13H15ClN4O3/c1-8(2)17-12(7-14)15-16-13(17)9-4-5-10(18(19)20)11(6-9)21-3/h4-6,8H,7H2,1-3H3. The van der Waals surface area contributed by atoms with Crippen LogP contribution < -0.4 is 4.74 Å². The van der Waals surface area contributed by atoms with Gasteiger partial charge in [-0.1, -0.05) is 0 Å². The number of rotatable bonds is 5. The van der Waals surface area contributed by atoms with Crippen molar-refractivity contribution < 1.29 is 9.66 Å². The van der Waals surface area contributed by atoms with Crippen LogP contribution in [0.2, 0.25) is 0 Å². The summed E-state index contributed by atoms with van der Waals surface area (Å²) >= 11 is 5.86. The number of halogens is 1. The van der Waals surface area contributed by atoms with Crippen LogP contribution in [0.15, 0.2) is 18.2 Å². The third-order valence-electron chi connectivity index (χ3n) is 3.04. The number of hydrogen-bond acceptors (Lipinski definition) is 5. The predicted octanol–water partition coefficient (Wildman–Crippen LogP) is 3.18. The van der Waals surface area contributed by atoms with Gasteiger partial charge in [0, 0.05) is 17.7 Å². The molecule has 0 atom stereocenters. The van der Waals surface area contributed by atoms with Gasteiger partial charge < -0.3 is 9.30 Å². The average molecular weight is 311 g/mol. The van der Waals surface area contributed by atoms with Gasteiger partial charge in [0.1, 0.15) is 5.82 Å². The molecule has 112 valence electrons. The summed E-state index contributed by atoms with van der Waals surface area (Å²) in [6, 6.07) is 4.72. The Morgan fingerprint density at radius 2 is 2.14 bits per heavy atom. The molecule has 0 saturated carbocycles. The van der Waals surface area contributed by atoms with Gasteiger partial charge in [-0.15, -0.1) is 21.8 Å². The molecule has 7 nitrogen and oxygen atoms in total. The van der Waals surface area contributed by atoms with Crippen molar-refractivity contribution in [3.63, 3.8) is 0 Å². The van der Waals surface area contributed by atoms with Gasteiger partial charge in [0.2, 0.25) is 0 Å². The van der Waals surface area contributed by atoms with Crippen LogP contribution in [0.3, 0.4) is 0 Å². The van der Waals surface area contributed by atoms with Crippen molar-refractivity contribution in [3.05, 3.63) is 34.1 Å². The van der Waals surface area contributed by atoms with Crippen molar-refractivity contribution in [2.45, 2.75) is 25.8 Å². The smallest absolute Gasteiger partial charge is 0.310 e. The van der Waals surface area contributed by atoms with E-state index in [9.17, 15) is 10.1 Å². The fourth-order valence-corrected chi connectivity index (χ4v) is 2.30. The molecule has 0 aliphatic rings. The van der Waals surface area contributed by atoms with Crippen LogP contribution in [0.25, 0.3) is 11.4 Å². The van der Waals surface area contributed by atoms with E-state index in [4.69, 9.17) is 16.3 Å². The molecule has 0 amide bonds. The summed E-state index contributed by atoms with van der Waals surface area (Å²) in [6.45, 7) is 3.98. The molecule has 21 heavy (non-hydrogen) atoms. The van der Waals surface area contributed by atoms with E-state index >= 15 is 0 Å². The number of ether oxygens (including phenoxy) is 1. The highest BCUT2D eigenvalue weighted by Crippen LogP contribution is 2.32. The van der Waals surface area contributed by atoms with Gasteiger partial charge in [-0.2, -0.15) is 0 Å². The Bertz CT molecular complexity index is 669. The number of nitro groups is 1. The van der Waals surface area contributed by atoms with Crippen LogP contribution in [0, 0.1) is 10.1 Å². The summed E-state index contributed by atoms with van der Waals surface area (Å²) < 4.78 is 6.97. The lowest BCUT2D eigenvalue weighted by molar-refractivity contribution is -0.385. The molecule has 2 aromatic rings. The normalized spacial score (nSPS) is 10.9. The van der Waals surface area contributed by atoms with E-state index in [1.54, 1.807) is 12.1 Å². The molecule has 0 spiro atoms. The minimum atomic E-state index is -0.486. The van der Waals surface area contributed by atoms with Crippen LogP contribution >= 0.6 is 11.6 Å². The van der Waals surface area contributed by atoms with Gasteiger partial charge in [-0.05, 0) is 26.0 Å². The van der Waals surface area contributed by atoms with E-state index in [-0.39, 0.29) is 23.4 Å². The Labute approximate surface area is 126 Å². The Morgan fingerprint density at radius 3 is 2.67 bits per heavy atom. The molecule has 1 heterocycles. The fraction of sp³-hybridized carbons (Fsp3) is 0.385. The second-order valence-corrected chi connectivity index (χ2v) is 4.95. The fourth-order valence-electron chi connectivity index (χ4n) is 2.12. The molecule has 0 aliphatic heterocycles. The van der Waals surface area contributed by atoms with Gasteiger partial charge in [-0.3, -0.25) is 10.1 Å². The lowest BCUT2D eigenvalue weighted by Gasteiger charge is -2.13. The van der Waals surface area contributed by atoms with Crippen molar-refractivity contribution in [3.8, 4) is 17.1 Å². The third-order valence-corrected chi connectivity index (χ3v) is 3.28. The van der Waals surface area contributed by atoms with E-state index < -0.39 is 4.92 Å². The zero-order chi connectivity index (χ0) is 15.6. The van der Waals surface area contributed by atoms with E-state index in [0.717, 1.165) is 0 Å². The van der Waals surface area contributed by atoms with E-state index in [1.807, 2.05) is 18.4 Å². The van der Waals surface area contributed by atoms with Gasteiger partial charge in [0.05, 0.1) is 17.9 Å². The Kier molecular flexibility index (Phi) is 4.42. The maximum Gasteiger partial charge on any atom is 0.310 e. The molecule has 0 N–H and O–H groups in total. The molecule has 0 radical (unpaired) electrons. The zero-order valence-electron chi connectivity index (χ0n) is 11.9. The number of aromatic nitrogens is 3. The topological polar surface area (TPSA) is 83.1 Å². The molecular weight excluding hydrogens is 296 g/mol. The SMILES string of the molecule is COc1cc(-c2nnc(CCl)n2C(C)C)ccc1[N+](=O)[O-].